The van der Waals surface area contributed by atoms with Gasteiger partial charge in [0.05, 0.1) is 0 Å². The Kier molecular flexibility index (Phi) is 6.04. The molecule has 5 heteroatoms. The predicted octanol–water partition coefficient (Wildman–Crippen LogP) is 3.84. The molecule has 1 aliphatic heterocycles. The molecule has 1 aliphatic rings. The van der Waals surface area contributed by atoms with Crippen LogP contribution in [0.25, 0.3) is 0 Å². The fourth-order valence-electron chi connectivity index (χ4n) is 2.10. The van der Waals surface area contributed by atoms with E-state index in [4.69, 9.17) is 33.7 Å². The summed E-state index contributed by atoms with van der Waals surface area (Å²) >= 11 is 12.0. The highest BCUT2D eigenvalue weighted by Gasteiger charge is 2.23. The van der Waals surface area contributed by atoms with Crippen molar-refractivity contribution in [2.45, 2.75) is 18.9 Å². The molecule has 0 radical (unpaired) electrons. The Balaban J connectivity index is 0.00000144. The molecule has 2 nitrogen and oxygen atoms in total. The first-order chi connectivity index (χ1) is 7.68. The van der Waals surface area contributed by atoms with Gasteiger partial charge in [-0.3, -0.25) is 0 Å². The molecular formula is C12H16Cl3NO. The Morgan fingerprint density at radius 1 is 1.24 bits per heavy atom. The van der Waals surface area contributed by atoms with E-state index < -0.39 is 0 Å². The highest BCUT2D eigenvalue weighted by Crippen LogP contribution is 2.33. The van der Waals surface area contributed by atoms with Gasteiger partial charge in [0.25, 0.3) is 0 Å². The Bertz CT molecular complexity index is 367. The van der Waals surface area contributed by atoms with Crippen LogP contribution in [-0.4, -0.2) is 13.2 Å². The van der Waals surface area contributed by atoms with Crippen LogP contribution in [0.15, 0.2) is 18.2 Å². The van der Waals surface area contributed by atoms with Crippen LogP contribution < -0.4 is 5.73 Å². The lowest BCUT2D eigenvalue weighted by atomic mass is 9.88. The molecule has 2 N–H and O–H groups in total. The fraction of sp³-hybridized carbons (Fsp3) is 0.500. The van der Waals surface area contributed by atoms with Gasteiger partial charge in [-0.2, -0.15) is 0 Å². The lowest BCUT2D eigenvalue weighted by Gasteiger charge is -2.28. The van der Waals surface area contributed by atoms with Crippen LogP contribution in [0.4, 0.5) is 0 Å². The van der Waals surface area contributed by atoms with Gasteiger partial charge in [-0.05, 0) is 36.5 Å². The van der Waals surface area contributed by atoms with Crippen LogP contribution in [0, 0.1) is 5.92 Å². The van der Waals surface area contributed by atoms with Gasteiger partial charge in [-0.25, -0.2) is 0 Å². The summed E-state index contributed by atoms with van der Waals surface area (Å²) in [5.41, 5.74) is 7.22. The highest BCUT2D eigenvalue weighted by molar-refractivity contribution is 6.35. The summed E-state index contributed by atoms with van der Waals surface area (Å²) in [5.74, 6) is 0.451. The van der Waals surface area contributed by atoms with Crippen molar-refractivity contribution >= 4 is 35.6 Å². The summed E-state index contributed by atoms with van der Waals surface area (Å²) in [6.45, 7) is 1.59. The zero-order chi connectivity index (χ0) is 11.5. The summed E-state index contributed by atoms with van der Waals surface area (Å²) in [6.07, 6.45) is 2.00. The molecule has 1 saturated heterocycles. The van der Waals surface area contributed by atoms with Gasteiger partial charge in [-0.15, -0.1) is 12.4 Å². The average Bonchev–Trinajstić information content (AvgIpc) is 2.29. The largest absolute Gasteiger partial charge is 0.381 e. The molecule has 17 heavy (non-hydrogen) atoms. The van der Waals surface area contributed by atoms with E-state index in [0.29, 0.717) is 16.0 Å². The number of nitrogens with two attached hydrogens (primary N) is 1. The van der Waals surface area contributed by atoms with Crippen LogP contribution in [-0.2, 0) is 4.74 Å². The normalized spacial score (nSPS) is 18.5. The molecule has 0 bridgehead atoms. The molecule has 2 rings (SSSR count). The number of halogens is 3. The topological polar surface area (TPSA) is 35.2 Å². The SMILES string of the molecule is Cl.N[C@H](c1ccc(Cl)cc1Cl)C1CCOCC1. The second-order valence-electron chi connectivity index (χ2n) is 4.14. The van der Waals surface area contributed by atoms with E-state index in [-0.39, 0.29) is 18.4 Å². The van der Waals surface area contributed by atoms with Crippen molar-refractivity contribution in [2.24, 2.45) is 11.7 Å². The van der Waals surface area contributed by atoms with Gasteiger partial charge < -0.3 is 10.5 Å². The first-order valence-electron chi connectivity index (χ1n) is 5.47. The Morgan fingerprint density at radius 3 is 2.47 bits per heavy atom. The summed E-state index contributed by atoms with van der Waals surface area (Å²) in [7, 11) is 0. The van der Waals surface area contributed by atoms with Crippen molar-refractivity contribution in [1.82, 2.24) is 0 Å². The van der Waals surface area contributed by atoms with Gasteiger partial charge in [0, 0.05) is 29.3 Å². The lowest BCUT2D eigenvalue weighted by Crippen LogP contribution is -2.27. The first kappa shape index (κ1) is 15.1. The highest BCUT2D eigenvalue weighted by atomic mass is 35.5. The molecule has 1 aromatic carbocycles. The van der Waals surface area contributed by atoms with E-state index in [1.165, 1.54) is 0 Å². The molecule has 0 aliphatic carbocycles. The smallest absolute Gasteiger partial charge is 0.0469 e. The number of hydrogen-bond donors (Lipinski definition) is 1. The predicted molar refractivity (Wildman–Crippen MR) is 74.2 cm³/mol. The standard InChI is InChI=1S/C12H15Cl2NO.ClH/c13-9-1-2-10(11(14)7-9)12(15)8-3-5-16-6-4-8;/h1-2,7-8,12H,3-6,15H2;1H/t12-;/m0./s1. The Morgan fingerprint density at radius 2 is 1.88 bits per heavy atom. The monoisotopic (exact) mass is 295 g/mol. The van der Waals surface area contributed by atoms with Crippen molar-refractivity contribution in [3.63, 3.8) is 0 Å². The molecule has 1 heterocycles. The van der Waals surface area contributed by atoms with E-state index in [0.717, 1.165) is 31.6 Å². The summed E-state index contributed by atoms with van der Waals surface area (Å²) in [6, 6.07) is 5.48. The third-order valence-electron chi connectivity index (χ3n) is 3.10. The summed E-state index contributed by atoms with van der Waals surface area (Å²) < 4.78 is 5.33. The van der Waals surface area contributed by atoms with Crippen LogP contribution >= 0.6 is 35.6 Å². The van der Waals surface area contributed by atoms with Crippen LogP contribution in [0.3, 0.4) is 0 Å². The summed E-state index contributed by atoms with van der Waals surface area (Å²) in [4.78, 5) is 0. The van der Waals surface area contributed by atoms with Crippen molar-refractivity contribution in [1.29, 1.82) is 0 Å². The van der Waals surface area contributed by atoms with Gasteiger partial charge in [-0.1, -0.05) is 29.3 Å². The fourth-order valence-corrected chi connectivity index (χ4v) is 2.64. The van der Waals surface area contributed by atoms with Gasteiger partial charge >= 0.3 is 0 Å². The summed E-state index contributed by atoms with van der Waals surface area (Å²) in [5, 5.41) is 1.31. The molecule has 1 atom stereocenters. The second-order valence-corrected chi connectivity index (χ2v) is 4.99. The maximum atomic E-state index is 6.24. The number of rotatable bonds is 2. The quantitative estimate of drug-likeness (QED) is 0.900. The Hall–Kier alpha value is 0.01000. The van der Waals surface area contributed by atoms with E-state index in [1.807, 2.05) is 12.1 Å². The van der Waals surface area contributed by atoms with Gasteiger partial charge in [0.15, 0.2) is 0 Å². The number of benzene rings is 1. The van der Waals surface area contributed by atoms with Crippen molar-refractivity contribution < 1.29 is 4.74 Å². The first-order valence-corrected chi connectivity index (χ1v) is 6.22. The van der Waals surface area contributed by atoms with Gasteiger partial charge in [0.1, 0.15) is 0 Å². The molecule has 0 aromatic heterocycles. The van der Waals surface area contributed by atoms with E-state index in [1.54, 1.807) is 6.07 Å². The molecule has 0 amide bonds. The third kappa shape index (κ3) is 3.73. The maximum Gasteiger partial charge on any atom is 0.0469 e. The zero-order valence-corrected chi connectivity index (χ0v) is 11.7. The minimum atomic E-state index is -0.0198. The van der Waals surface area contributed by atoms with E-state index in [2.05, 4.69) is 0 Å². The van der Waals surface area contributed by atoms with Crippen LogP contribution in [0.5, 0.6) is 0 Å². The molecule has 1 fully saturated rings. The second kappa shape index (κ2) is 6.81. The number of hydrogen-bond acceptors (Lipinski definition) is 2. The molecule has 0 unspecified atom stereocenters. The molecule has 1 aromatic rings. The van der Waals surface area contributed by atoms with Crippen molar-refractivity contribution in [3.05, 3.63) is 33.8 Å². The molecular weight excluding hydrogens is 280 g/mol. The minimum Gasteiger partial charge on any atom is -0.381 e. The van der Waals surface area contributed by atoms with E-state index >= 15 is 0 Å². The van der Waals surface area contributed by atoms with Gasteiger partial charge in [0.2, 0.25) is 0 Å². The zero-order valence-electron chi connectivity index (χ0n) is 9.36. The van der Waals surface area contributed by atoms with Crippen LogP contribution in [0.2, 0.25) is 10.0 Å². The molecule has 0 spiro atoms. The third-order valence-corrected chi connectivity index (χ3v) is 3.66. The minimum absolute atomic E-state index is 0. The lowest BCUT2D eigenvalue weighted by molar-refractivity contribution is 0.0584. The maximum absolute atomic E-state index is 6.24. The van der Waals surface area contributed by atoms with Crippen molar-refractivity contribution in [2.75, 3.05) is 13.2 Å². The Labute approximate surface area is 118 Å². The average molecular weight is 297 g/mol. The van der Waals surface area contributed by atoms with Crippen LogP contribution in [0.1, 0.15) is 24.4 Å². The van der Waals surface area contributed by atoms with Crippen molar-refractivity contribution in [3.8, 4) is 0 Å². The molecule has 0 saturated carbocycles. The van der Waals surface area contributed by atoms with E-state index in [9.17, 15) is 0 Å². The number of ether oxygens (including phenoxy) is 1. The molecule has 96 valence electrons.